The van der Waals surface area contributed by atoms with Crippen LogP contribution in [0.2, 0.25) is 0 Å². The number of carbonyl (C=O) groups is 2. The number of hydrogen-bond acceptors (Lipinski definition) is 6. The summed E-state index contributed by atoms with van der Waals surface area (Å²) in [5.74, 6) is -1.67. The lowest BCUT2D eigenvalue weighted by Crippen LogP contribution is -2.44. The molecule has 2 aliphatic heterocycles. The number of carbonyl (C=O) groups excluding carboxylic acids is 2. The van der Waals surface area contributed by atoms with Crippen LogP contribution in [0.3, 0.4) is 0 Å². The highest BCUT2D eigenvalue weighted by Gasteiger charge is 2.36. The van der Waals surface area contributed by atoms with Gasteiger partial charge in [0.25, 0.3) is 0 Å². The topological polar surface area (TPSA) is 130 Å². The fraction of sp³-hybridized carbons (Fsp3) is 0.438. The molecular formula is C16H22N5O3. The van der Waals surface area contributed by atoms with Gasteiger partial charge in [-0.05, 0) is 32.4 Å². The summed E-state index contributed by atoms with van der Waals surface area (Å²) in [5, 5.41) is 11.1. The molecule has 5 N–H and O–H groups in total. The molecule has 2 aliphatic rings. The van der Waals surface area contributed by atoms with Crippen LogP contribution in [0.1, 0.15) is 12.8 Å². The van der Waals surface area contributed by atoms with Crippen LogP contribution in [0.5, 0.6) is 0 Å². The lowest BCUT2D eigenvalue weighted by atomic mass is 9.84. The molecule has 0 aromatic carbocycles. The van der Waals surface area contributed by atoms with Crippen molar-refractivity contribution < 1.29 is 14.4 Å². The Morgan fingerprint density at radius 2 is 2.33 bits per heavy atom. The summed E-state index contributed by atoms with van der Waals surface area (Å²) in [4.78, 5) is 33.5. The highest BCUT2D eigenvalue weighted by Crippen LogP contribution is 2.25. The molecule has 3 atom stereocenters. The van der Waals surface area contributed by atoms with Crippen LogP contribution in [0, 0.1) is 18.3 Å². The number of nitrogens with zero attached hydrogens (tertiary/aromatic N) is 1. The number of amidine groups is 1. The minimum absolute atomic E-state index is 0.129. The molecule has 0 aromatic rings. The third-order valence-electron chi connectivity index (χ3n) is 3.94. The van der Waals surface area contributed by atoms with Crippen molar-refractivity contribution in [3.8, 4) is 0 Å². The minimum Gasteiger partial charge on any atom is -0.368 e. The van der Waals surface area contributed by atoms with Gasteiger partial charge in [-0.2, -0.15) is 0 Å². The number of hydrogen-bond donors (Lipinski definition) is 4. The smallest absolute Gasteiger partial charge is 0.242 e. The number of aliphatic imine (C=N–C) groups is 1. The van der Waals surface area contributed by atoms with E-state index >= 15 is 0 Å². The molecule has 24 heavy (non-hydrogen) atoms. The Balaban J connectivity index is 2.24. The molecule has 2 unspecified atom stereocenters. The number of nitrogens with two attached hydrogens (primary N) is 1. The summed E-state index contributed by atoms with van der Waals surface area (Å²) in [7, 11) is 0. The quantitative estimate of drug-likeness (QED) is 0.167. The molecule has 1 fully saturated rings. The maximum absolute atomic E-state index is 12.7. The lowest BCUT2D eigenvalue weighted by Gasteiger charge is -2.27. The van der Waals surface area contributed by atoms with Crippen LogP contribution < -0.4 is 16.5 Å². The molecule has 1 radical (unpaired) electrons. The van der Waals surface area contributed by atoms with E-state index in [1.165, 1.54) is 12.2 Å². The molecule has 2 heterocycles. The van der Waals surface area contributed by atoms with Crippen LogP contribution in [-0.4, -0.2) is 48.5 Å². The molecule has 0 spiro atoms. The van der Waals surface area contributed by atoms with Gasteiger partial charge in [-0.1, -0.05) is 6.08 Å². The van der Waals surface area contributed by atoms with Crippen molar-refractivity contribution >= 4 is 23.2 Å². The Labute approximate surface area is 140 Å². The largest absolute Gasteiger partial charge is 0.368 e. The van der Waals surface area contributed by atoms with Gasteiger partial charge in [0.15, 0.2) is 11.6 Å². The molecule has 1 saturated heterocycles. The first-order chi connectivity index (χ1) is 11.5. The maximum Gasteiger partial charge on any atom is 0.242 e. The van der Waals surface area contributed by atoms with E-state index in [9.17, 15) is 9.59 Å². The summed E-state index contributed by atoms with van der Waals surface area (Å²) in [6.07, 6.45) is 4.64. The molecule has 1 amide bonds. The van der Waals surface area contributed by atoms with Crippen LogP contribution >= 0.6 is 0 Å². The molecular weight excluding hydrogens is 310 g/mol. The van der Waals surface area contributed by atoms with E-state index in [1.807, 2.05) is 0 Å². The summed E-state index contributed by atoms with van der Waals surface area (Å²) < 4.78 is 0. The van der Waals surface area contributed by atoms with Crippen molar-refractivity contribution in [1.82, 2.24) is 10.8 Å². The number of Topliss-reactive ketones (excluding diaryl/α,β-unsaturated/α-hetero) is 1. The number of ketones is 1. The van der Waals surface area contributed by atoms with Crippen LogP contribution in [0.4, 0.5) is 0 Å². The molecule has 8 nitrogen and oxygen atoms in total. The van der Waals surface area contributed by atoms with Crippen LogP contribution in [0.15, 0.2) is 29.3 Å². The second kappa shape index (κ2) is 7.98. The number of hydroxylamine groups is 1. The number of amides is 1. The van der Waals surface area contributed by atoms with E-state index in [1.54, 1.807) is 0 Å². The first kappa shape index (κ1) is 18.0. The van der Waals surface area contributed by atoms with E-state index in [2.05, 4.69) is 29.3 Å². The third kappa shape index (κ3) is 3.95. The standard InChI is InChI=1S/C16H22N5O3/c1-3-7-24-21-15(17)12-8-10(9(2)13(20-12)16(18)23)14(22)11-5-4-6-19-11/h3,8-9,11,13,19H,1-2,4-7H2,(H2,17,21)(H2,18,23)/t9?,11-,13?/m0/s1. The summed E-state index contributed by atoms with van der Waals surface area (Å²) >= 11 is 0. The monoisotopic (exact) mass is 332 g/mol. The van der Waals surface area contributed by atoms with Gasteiger partial charge in [0.05, 0.1) is 12.6 Å². The average molecular weight is 332 g/mol. The molecule has 8 heteroatoms. The van der Waals surface area contributed by atoms with E-state index in [4.69, 9.17) is 16.0 Å². The van der Waals surface area contributed by atoms with Gasteiger partial charge in [-0.3, -0.25) is 24.8 Å². The van der Waals surface area contributed by atoms with Gasteiger partial charge in [0.2, 0.25) is 5.91 Å². The fourth-order valence-electron chi connectivity index (χ4n) is 2.69. The van der Waals surface area contributed by atoms with E-state index < -0.39 is 17.9 Å². The number of primary amides is 1. The zero-order valence-electron chi connectivity index (χ0n) is 13.4. The Hall–Kier alpha value is -2.32. The van der Waals surface area contributed by atoms with Gasteiger partial charge in [0.1, 0.15) is 11.8 Å². The van der Waals surface area contributed by atoms with E-state index in [0.717, 1.165) is 19.4 Å². The normalized spacial score (nSPS) is 26.3. The first-order valence-corrected chi connectivity index (χ1v) is 7.72. The number of rotatable bonds is 7. The highest BCUT2D eigenvalue weighted by molar-refractivity contribution is 6.45. The van der Waals surface area contributed by atoms with Crippen molar-refractivity contribution in [2.45, 2.75) is 24.9 Å². The van der Waals surface area contributed by atoms with E-state index in [0.29, 0.717) is 5.57 Å². The second-order valence-electron chi connectivity index (χ2n) is 5.66. The molecule has 0 bridgehead atoms. The Morgan fingerprint density at radius 3 is 2.92 bits per heavy atom. The van der Waals surface area contributed by atoms with Gasteiger partial charge in [-0.25, -0.2) is 5.48 Å². The predicted octanol–water partition coefficient (Wildman–Crippen LogP) is -0.323. The second-order valence-corrected chi connectivity index (χ2v) is 5.66. The minimum atomic E-state index is -0.994. The molecule has 0 aromatic heterocycles. The van der Waals surface area contributed by atoms with Gasteiger partial charge >= 0.3 is 0 Å². The fourth-order valence-corrected chi connectivity index (χ4v) is 2.69. The van der Waals surface area contributed by atoms with Crippen molar-refractivity contribution in [3.05, 3.63) is 31.2 Å². The summed E-state index contributed by atoms with van der Waals surface area (Å²) in [5.41, 5.74) is 8.25. The van der Waals surface area contributed by atoms with Gasteiger partial charge in [-0.15, -0.1) is 6.58 Å². The number of nitrogens with one attached hydrogen (secondary N) is 3. The summed E-state index contributed by atoms with van der Waals surface area (Å²) in [6.45, 7) is 8.34. The first-order valence-electron chi connectivity index (χ1n) is 7.72. The predicted molar refractivity (Wildman–Crippen MR) is 90.4 cm³/mol. The van der Waals surface area contributed by atoms with Gasteiger partial charge < -0.3 is 11.1 Å². The average Bonchev–Trinajstić information content (AvgIpc) is 3.08. The number of dihydropyridines is 1. The van der Waals surface area contributed by atoms with Crippen molar-refractivity contribution in [2.75, 3.05) is 13.2 Å². The van der Waals surface area contributed by atoms with Crippen LogP contribution in [-0.2, 0) is 14.4 Å². The lowest BCUT2D eigenvalue weighted by molar-refractivity contribution is -0.120. The Kier molecular flexibility index (Phi) is 5.99. The van der Waals surface area contributed by atoms with Crippen molar-refractivity contribution in [3.63, 3.8) is 0 Å². The molecule has 2 rings (SSSR count). The van der Waals surface area contributed by atoms with Crippen molar-refractivity contribution in [1.29, 1.82) is 5.41 Å². The summed E-state index contributed by atoms with van der Waals surface area (Å²) in [6, 6.07) is -1.29. The Morgan fingerprint density at radius 1 is 1.58 bits per heavy atom. The third-order valence-corrected chi connectivity index (χ3v) is 3.94. The molecule has 0 saturated carbocycles. The van der Waals surface area contributed by atoms with Crippen molar-refractivity contribution in [2.24, 2.45) is 16.6 Å². The molecule has 129 valence electrons. The SMILES string of the molecule is [CH2]C1C(C(=O)[C@@H]2CCCN2)=CC(C(=N)NOCC=C)=NC1C(N)=O. The molecule has 0 aliphatic carbocycles. The van der Waals surface area contributed by atoms with E-state index in [-0.39, 0.29) is 30.0 Å². The Bertz CT molecular complexity index is 605. The zero-order valence-corrected chi connectivity index (χ0v) is 13.4. The van der Waals surface area contributed by atoms with Crippen LogP contribution in [0.25, 0.3) is 0 Å². The zero-order chi connectivity index (χ0) is 17.7. The van der Waals surface area contributed by atoms with Gasteiger partial charge in [0, 0.05) is 11.5 Å². The highest BCUT2D eigenvalue weighted by atomic mass is 16.6. The maximum atomic E-state index is 12.7.